The molecule has 0 radical (unpaired) electrons. The molecule has 3 heteroatoms. The van der Waals surface area contributed by atoms with Crippen molar-refractivity contribution in [2.24, 2.45) is 5.92 Å². The van der Waals surface area contributed by atoms with Crippen LogP contribution in [0.1, 0.15) is 32.3 Å². The van der Waals surface area contributed by atoms with Gasteiger partial charge in [0.25, 0.3) is 0 Å². The molecule has 1 N–H and O–H groups in total. The summed E-state index contributed by atoms with van der Waals surface area (Å²) in [5.41, 5.74) is 0. The molecule has 0 amide bonds. The summed E-state index contributed by atoms with van der Waals surface area (Å²) in [4.78, 5) is 0. The van der Waals surface area contributed by atoms with Crippen LogP contribution in [0.3, 0.4) is 0 Å². The van der Waals surface area contributed by atoms with Crippen LogP contribution in [0.15, 0.2) is 28.7 Å². The van der Waals surface area contributed by atoms with E-state index in [2.05, 4.69) is 19.2 Å². The van der Waals surface area contributed by atoms with Gasteiger partial charge in [-0.25, -0.2) is 0 Å². The minimum atomic E-state index is 0.536. The molecule has 0 aliphatic carbocycles. The Balaban J connectivity index is 2.22. The normalized spacial score (nSPS) is 11.8. The van der Waals surface area contributed by atoms with Crippen molar-refractivity contribution in [1.82, 2.24) is 5.32 Å². The number of hydrogen-bond donors (Lipinski definition) is 1. The molecule has 1 rings (SSSR count). The Morgan fingerprint density at radius 1 is 1.35 bits per heavy atom. The highest BCUT2D eigenvalue weighted by atomic mass is 16.5. The molecular formula is C14H23NO2. The molecule has 1 aromatic heterocycles. The third-order valence-corrected chi connectivity index (χ3v) is 2.26. The van der Waals surface area contributed by atoms with Crippen molar-refractivity contribution >= 4 is 0 Å². The highest BCUT2D eigenvalue weighted by molar-refractivity contribution is 5.06. The first-order valence-electron chi connectivity index (χ1n) is 6.19. The molecule has 0 saturated heterocycles. The van der Waals surface area contributed by atoms with Gasteiger partial charge in [0.1, 0.15) is 18.1 Å². The second kappa shape index (κ2) is 8.09. The zero-order valence-corrected chi connectivity index (χ0v) is 11.0. The van der Waals surface area contributed by atoms with E-state index in [1.165, 1.54) is 0 Å². The maximum atomic E-state index is 5.63. The third-order valence-electron chi connectivity index (χ3n) is 2.26. The average Bonchev–Trinajstić information content (AvgIpc) is 2.72. The quantitative estimate of drug-likeness (QED) is 0.557. The highest BCUT2D eigenvalue weighted by Crippen LogP contribution is 2.09. The Bertz CT molecular complexity index is 329. The zero-order chi connectivity index (χ0) is 12.5. The van der Waals surface area contributed by atoms with Crippen molar-refractivity contribution in [2.45, 2.75) is 33.9 Å². The summed E-state index contributed by atoms with van der Waals surface area (Å²) in [5, 5.41) is 3.35. The summed E-state index contributed by atoms with van der Waals surface area (Å²) in [6.07, 6.45) is 3.96. The van der Waals surface area contributed by atoms with Gasteiger partial charge in [0.15, 0.2) is 0 Å². The fourth-order valence-corrected chi connectivity index (χ4v) is 1.40. The topological polar surface area (TPSA) is 34.4 Å². The molecule has 1 aromatic rings. The van der Waals surface area contributed by atoms with Crippen LogP contribution in [0.25, 0.3) is 0 Å². The molecule has 0 aliphatic rings. The molecule has 3 nitrogen and oxygen atoms in total. The summed E-state index contributed by atoms with van der Waals surface area (Å²) < 4.78 is 11.0. The number of ether oxygens (including phenoxy) is 1. The Morgan fingerprint density at radius 3 is 2.82 bits per heavy atom. The summed E-state index contributed by atoms with van der Waals surface area (Å²) in [6, 6.07) is 3.98. The van der Waals surface area contributed by atoms with E-state index in [-0.39, 0.29) is 0 Å². The number of furan rings is 1. The maximum absolute atomic E-state index is 5.63. The fraction of sp³-hybridized carbons (Fsp3) is 0.571. The minimum Gasteiger partial charge on any atom is -0.462 e. The van der Waals surface area contributed by atoms with Gasteiger partial charge in [-0.2, -0.15) is 0 Å². The van der Waals surface area contributed by atoms with Crippen LogP contribution in [0.5, 0.6) is 0 Å². The van der Waals surface area contributed by atoms with Gasteiger partial charge in [-0.1, -0.05) is 26.0 Å². The van der Waals surface area contributed by atoms with Gasteiger partial charge in [-0.3, -0.25) is 0 Å². The Labute approximate surface area is 104 Å². The van der Waals surface area contributed by atoms with E-state index >= 15 is 0 Å². The van der Waals surface area contributed by atoms with Crippen LogP contribution in [0, 0.1) is 5.92 Å². The van der Waals surface area contributed by atoms with Gasteiger partial charge in [-0.15, -0.1) is 0 Å². The van der Waals surface area contributed by atoms with Crippen molar-refractivity contribution in [3.8, 4) is 0 Å². The molecule has 0 fully saturated rings. The minimum absolute atomic E-state index is 0.536. The van der Waals surface area contributed by atoms with Crippen LogP contribution in [0.4, 0.5) is 0 Å². The van der Waals surface area contributed by atoms with Crippen LogP contribution in [-0.4, -0.2) is 13.2 Å². The second-order valence-corrected chi connectivity index (χ2v) is 4.48. The van der Waals surface area contributed by atoms with Crippen molar-refractivity contribution in [1.29, 1.82) is 0 Å². The second-order valence-electron chi connectivity index (χ2n) is 4.48. The maximum Gasteiger partial charge on any atom is 0.129 e. The molecule has 1 heterocycles. The standard InChI is InChI=1S/C14H23NO2/c1-4-5-8-16-11-14-7-6-13(17-14)10-15-9-12(2)3/h4-7,12,15H,8-11H2,1-3H3. The van der Waals surface area contributed by atoms with E-state index in [4.69, 9.17) is 9.15 Å². The van der Waals surface area contributed by atoms with E-state index in [1.807, 2.05) is 31.2 Å². The number of hydrogen-bond acceptors (Lipinski definition) is 3. The molecule has 0 spiro atoms. The van der Waals surface area contributed by atoms with Crippen LogP contribution in [-0.2, 0) is 17.9 Å². The summed E-state index contributed by atoms with van der Waals surface area (Å²) >= 11 is 0. The summed E-state index contributed by atoms with van der Waals surface area (Å²) in [5.74, 6) is 2.51. The van der Waals surface area contributed by atoms with E-state index in [9.17, 15) is 0 Å². The number of rotatable bonds is 8. The molecule has 0 aliphatic heterocycles. The zero-order valence-electron chi connectivity index (χ0n) is 11.0. The van der Waals surface area contributed by atoms with Crippen molar-refractivity contribution in [3.63, 3.8) is 0 Å². The smallest absolute Gasteiger partial charge is 0.129 e. The average molecular weight is 237 g/mol. The third kappa shape index (κ3) is 6.29. The van der Waals surface area contributed by atoms with Gasteiger partial charge in [-0.05, 0) is 31.5 Å². The fourth-order valence-electron chi connectivity index (χ4n) is 1.40. The van der Waals surface area contributed by atoms with E-state index < -0.39 is 0 Å². The lowest BCUT2D eigenvalue weighted by Crippen LogP contribution is -2.18. The Morgan fingerprint density at radius 2 is 2.12 bits per heavy atom. The van der Waals surface area contributed by atoms with E-state index in [0.29, 0.717) is 19.1 Å². The highest BCUT2D eigenvalue weighted by Gasteiger charge is 2.02. The predicted octanol–water partition coefficient (Wildman–Crippen LogP) is 3.12. The Kier molecular flexibility index (Phi) is 6.67. The number of nitrogens with one attached hydrogen (secondary N) is 1. The van der Waals surface area contributed by atoms with Gasteiger partial charge in [0, 0.05) is 0 Å². The van der Waals surface area contributed by atoms with Crippen molar-refractivity contribution in [2.75, 3.05) is 13.2 Å². The van der Waals surface area contributed by atoms with Gasteiger partial charge >= 0.3 is 0 Å². The molecule has 0 unspecified atom stereocenters. The van der Waals surface area contributed by atoms with Crippen molar-refractivity contribution in [3.05, 3.63) is 35.8 Å². The van der Waals surface area contributed by atoms with Crippen molar-refractivity contribution < 1.29 is 9.15 Å². The van der Waals surface area contributed by atoms with Gasteiger partial charge in [0.05, 0.1) is 13.2 Å². The molecule has 0 atom stereocenters. The SMILES string of the molecule is CC=CCOCc1ccc(CNCC(C)C)o1. The molecule has 96 valence electrons. The molecular weight excluding hydrogens is 214 g/mol. The number of allylic oxidation sites excluding steroid dienone is 1. The molecule has 0 bridgehead atoms. The lowest BCUT2D eigenvalue weighted by molar-refractivity contribution is 0.130. The lowest BCUT2D eigenvalue weighted by Gasteiger charge is -2.05. The van der Waals surface area contributed by atoms with Crippen LogP contribution < -0.4 is 5.32 Å². The first kappa shape index (κ1) is 14.0. The first-order valence-corrected chi connectivity index (χ1v) is 6.19. The largest absolute Gasteiger partial charge is 0.462 e. The van der Waals surface area contributed by atoms with Gasteiger partial charge in [0.2, 0.25) is 0 Å². The van der Waals surface area contributed by atoms with E-state index in [0.717, 1.165) is 24.6 Å². The summed E-state index contributed by atoms with van der Waals surface area (Å²) in [6.45, 7) is 9.33. The summed E-state index contributed by atoms with van der Waals surface area (Å²) in [7, 11) is 0. The molecule has 0 aromatic carbocycles. The van der Waals surface area contributed by atoms with Gasteiger partial charge < -0.3 is 14.5 Å². The lowest BCUT2D eigenvalue weighted by atomic mass is 10.2. The Hall–Kier alpha value is -1.06. The first-order chi connectivity index (χ1) is 8.22. The predicted molar refractivity (Wildman–Crippen MR) is 69.7 cm³/mol. The van der Waals surface area contributed by atoms with E-state index in [1.54, 1.807) is 0 Å². The van der Waals surface area contributed by atoms with Crippen LogP contribution >= 0.6 is 0 Å². The van der Waals surface area contributed by atoms with Crippen LogP contribution in [0.2, 0.25) is 0 Å². The monoisotopic (exact) mass is 237 g/mol. The molecule has 17 heavy (non-hydrogen) atoms. The molecule has 0 saturated carbocycles.